The second-order valence-corrected chi connectivity index (χ2v) is 9.14. The number of cyclic esters (lactones) is 1. The summed E-state index contributed by atoms with van der Waals surface area (Å²) in [7, 11) is 1.68. The van der Waals surface area contributed by atoms with E-state index in [4.69, 9.17) is 14.2 Å². The van der Waals surface area contributed by atoms with Gasteiger partial charge >= 0.3 is 5.97 Å². The van der Waals surface area contributed by atoms with Crippen LogP contribution < -0.4 is 9.64 Å². The lowest BCUT2D eigenvalue weighted by atomic mass is 9.76. The van der Waals surface area contributed by atoms with Crippen LogP contribution in [0.1, 0.15) is 29.6 Å². The van der Waals surface area contributed by atoms with E-state index in [-0.39, 0.29) is 30.5 Å². The fourth-order valence-electron chi connectivity index (χ4n) is 5.14. The smallest absolute Gasteiger partial charge is 0.312 e. The molecule has 0 aliphatic carbocycles. The van der Waals surface area contributed by atoms with Crippen molar-refractivity contribution in [1.29, 1.82) is 0 Å². The average molecular weight is 444 g/mol. The number of likely N-dealkylation sites (N-methyl/N-ethyl adjacent to an activating group) is 1. The van der Waals surface area contributed by atoms with Gasteiger partial charge in [0, 0.05) is 51.8 Å². The van der Waals surface area contributed by atoms with Gasteiger partial charge in [-0.3, -0.25) is 19.3 Å². The highest BCUT2D eigenvalue weighted by atomic mass is 16.6. The molecule has 1 unspecified atom stereocenters. The fourth-order valence-corrected chi connectivity index (χ4v) is 5.14. The fraction of sp³-hybridized carbons (Fsp3) is 0.609. The molecule has 2 amide bonds. The minimum atomic E-state index is -0.482. The summed E-state index contributed by atoms with van der Waals surface area (Å²) in [6.45, 7) is 4.98. The van der Waals surface area contributed by atoms with Gasteiger partial charge in [0.05, 0.1) is 24.3 Å². The summed E-state index contributed by atoms with van der Waals surface area (Å²) in [5, 5.41) is 0. The van der Waals surface area contributed by atoms with E-state index in [2.05, 4.69) is 4.90 Å². The van der Waals surface area contributed by atoms with Crippen molar-refractivity contribution in [2.45, 2.75) is 25.4 Å². The maximum Gasteiger partial charge on any atom is 0.312 e. The first-order chi connectivity index (χ1) is 15.4. The maximum atomic E-state index is 13.1. The number of rotatable bonds is 3. The van der Waals surface area contributed by atoms with Crippen molar-refractivity contribution in [2.24, 2.45) is 5.41 Å². The Bertz CT molecular complexity index is 920. The SMILES string of the molecule is CN1C(=O)COc2ccc(C(=O)N3CCC4(CC3)CC(CN3CCOCC3)OC4=O)cc21. The first-order valence-corrected chi connectivity index (χ1v) is 11.3. The third kappa shape index (κ3) is 3.84. The number of morpholine rings is 1. The number of carbonyl (C=O) groups excluding carboxylic acids is 3. The molecule has 9 heteroatoms. The number of anilines is 1. The van der Waals surface area contributed by atoms with E-state index in [1.165, 1.54) is 4.90 Å². The van der Waals surface area contributed by atoms with Gasteiger partial charge < -0.3 is 24.0 Å². The zero-order chi connectivity index (χ0) is 22.3. The number of esters is 1. The molecule has 172 valence electrons. The van der Waals surface area contributed by atoms with E-state index in [0.29, 0.717) is 49.4 Å². The Hall–Kier alpha value is -2.65. The molecule has 1 atom stereocenters. The molecule has 4 aliphatic heterocycles. The number of amides is 2. The van der Waals surface area contributed by atoms with Crippen LogP contribution in [-0.4, -0.2) is 93.3 Å². The van der Waals surface area contributed by atoms with Gasteiger partial charge in [-0.25, -0.2) is 0 Å². The lowest BCUT2D eigenvalue weighted by molar-refractivity contribution is -0.151. The van der Waals surface area contributed by atoms with Crippen LogP contribution in [0.15, 0.2) is 18.2 Å². The van der Waals surface area contributed by atoms with Crippen LogP contribution in [0.2, 0.25) is 0 Å². The lowest BCUT2D eigenvalue weighted by Gasteiger charge is -2.37. The molecule has 3 fully saturated rings. The molecule has 0 saturated carbocycles. The number of carbonyl (C=O) groups is 3. The van der Waals surface area contributed by atoms with Gasteiger partial charge in [-0.1, -0.05) is 0 Å². The number of ether oxygens (including phenoxy) is 3. The molecule has 0 aromatic heterocycles. The average Bonchev–Trinajstić information content (AvgIpc) is 3.11. The Morgan fingerprint density at radius 3 is 2.62 bits per heavy atom. The zero-order valence-electron chi connectivity index (χ0n) is 18.4. The number of fused-ring (bicyclic) bond motifs is 1. The number of benzene rings is 1. The summed E-state index contributed by atoms with van der Waals surface area (Å²) in [6, 6.07) is 5.18. The monoisotopic (exact) mass is 443 g/mol. The lowest BCUT2D eigenvalue weighted by Crippen LogP contribution is -2.45. The number of likely N-dealkylation sites (tertiary alicyclic amines) is 1. The van der Waals surface area contributed by atoms with Gasteiger partial charge in [0.2, 0.25) is 0 Å². The molecule has 5 rings (SSSR count). The number of nitrogens with zero attached hydrogens (tertiary/aromatic N) is 3. The van der Waals surface area contributed by atoms with Gasteiger partial charge in [-0.15, -0.1) is 0 Å². The summed E-state index contributed by atoms with van der Waals surface area (Å²) in [4.78, 5) is 43.4. The zero-order valence-corrected chi connectivity index (χ0v) is 18.4. The van der Waals surface area contributed by atoms with Crippen LogP contribution in [-0.2, 0) is 19.1 Å². The third-order valence-electron chi connectivity index (χ3n) is 7.19. The van der Waals surface area contributed by atoms with Crippen LogP contribution >= 0.6 is 0 Å². The first kappa shape index (κ1) is 21.2. The Morgan fingerprint density at radius 2 is 1.88 bits per heavy atom. The maximum absolute atomic E-state index is 13.1. The van der Waals surface area contributed by atoms with Gasteiger partial charge in [0.25, 0.3) is 11.8 Å². The summed E-state index contributed by atoms with van der Waals surface area (Å²) >= 11 is 0. The van der Waals surface area contributed by atoms with E-state index in [0.717, 1.165) is 32.8 Å². The van der Waals surface area contributed by atoms with Crippen LogP contribution in [0.25, 0.3) is 0 Å². The first-order valence-electron chi connectivity index (χ1n) is 11.3. The Balaban J connectivity index is 1.21. The summed E-state index contributed by atoms with van der Waals surface area (Å²) < 4.78 is 16.6. The molecular weight excluding hydrogens is 414 g/mol. The van der Waals surface area contributed by atoms with Gasteiger partial charge in [0.1, 0.15) is 11.9 Å². The van der Waals surface area contributed by atoms with Crippen molar-refractivity contribution < 1.29 is 28.6 Å². The van der Waals surface area contributed by atoms with Gasteiger partial charge in [0.15, 0.2) is 6.61 Å². The minimum absolute atomic E-state index is 0.00757. The molecule has 0 bridgehead atoms. The summed E-state index contributed by atoms with van der Waals surface area (Å²) in [5.74, 6) is 0.244. The highest BCUT2D eigenvalue weighted by Gasteiger charge is 2.51. The standard InChI is InChI=1S/C23H29N3O6/c1-24-18-12-16(2-3-19(18)31-15-20(24)27)21(28)26-6-4-23(5-7-26)13-17(32-22(23)29)14-25-8-10-30-11-9-25/h2-3,12,17H,4-11,13-15H2,1H3. The van der Waals surface area contributed by atoms with Crippen molar-refractivity contribution in [2.75, 3.05) is 64.5 Å². The molecule has 0 N–H and O–H groups in total. The van der Waals surface area contributed by atoms with E-state index >= 15 is 0 Å². The third-order valence-corrected chi connectivity index (χ3v) is 7.19. The normalized spacial score (nSPS) is 25.5. The predicted octanol–water partition coefficient (Wildman–Crippen LogP) is 0.912. The molecular formula is C23H29N3O6. The second-order valence-electron chi connectivity index (χ2n) is 9.14. The van der Waals surface area contributed by atoms with E-state index in [1.807, 2.05) is 0 Å². The van der Waals surface area contributed by atoms with Gasteiger partial charge in [-0.05, 0) is 31.0 Å². The largest absolute Gasteiger partial charge is 0.482 e. The number of piperidine rings is 1. The van der Waals surface area contributed by atoms with Crippen molar-refractivity contribution in [1.82, 2.24) is 9.80 Å². The molecule has 4 heterocycles. The molecule has 1 aromatic rings. The number of hydrogen-bond acceptors (Lipinski definition) is 7. The van der Waals surface area contributed by atoms with Crippen molar-refractivity contribution >= 4 is 23.5 Å². The predicted molar refractivity (Wildman–Crippen MR) is 115 cm³/mol. The van der Waals surface area contributed by atoms with E-state index in [1.54, 1.807) is 30.1 Å². The quantitative estimate of drug-likeness (QED) is 0.642. The van der Waals surface area contributed by atoms with Crippen LogP contribution in [0.5, 0.6) is 5.75 Å². The minimum Gasteiger partial charge on any atom is -0.482 e. The molecule has 0 radical (unpaired) electrons. The molecule has 3 saturated heterocycles. The topological polar surface area (TPSA) is 88.6 Å². The Labute approximate surface area is 187 Å². The highest BCUT2D eigenvalue weighted by molar-refractivity contribution is 6.01. The van der Waals surface area contributed by atoms with Crippen molar-refractivity contribution in [3.63, 3.8) is 0 Å². The van der Waals surface area contributed by atoms with E-state index < -0.39 is 5.41 Å². The van der Waals surface area contributed by atoms with Gasteiger partial charge in [-0.2, -0.15) is 0 Å². The second kappa shape index (κ2) is 8.37. The number of hydrogen-bond donors (Lipinski definition) is 0. The summed E-state index contributed by atoms with van der Waals surface area (Å²) in [5.41, 5.74) is 0.638. The van der Waals surface area contributed by atoms with Crippen molar-refractivity contribution in [3.8, 4) is 5.75 Å². The molecule has 9 nitrogen and oxygen atoms in total. The van der Waals surface area contributed by atoms with E-state index in [9.17, 15) is 14.4 Å². The molecule has 32 heavy (non-hydrogen) atoms. The molecule has 1 spiro atoms. The summed E-state index contributed by atoms with van der Waals surface area (Å²) in [6.07, 6.45) is 1.86. The molecule has 1 aromatic carbocycles. The van der Waals surface area contributed by atoms with Crippen LogP contribution in [0.4, 0.5) is 5.69 Å². The Kier molecular flexibility index (Phi) is 5.54. The van der Waals surface area contributed by atoms with Crippen molar-refractivity contribution in [3.05, 3.63) is 23.8 Å². The highest BCUT2D eigenvalue weighted by Crippen LogP contribution is 2.43. The Morgan fingerprint density at radius 1 is 1.12 bits per heavy atom. The molecule has 4 aliphatic rings. The van der Waals surface area contributed by atoms with Crippen LogP contribution in [0, 0.1) is 5.41 Å². The van der Waals surface area contributed by atoms with Crippen LogP contribution in [0.3, 0.4) is 0 Å².